The van der Waals surface area contributed by atoms with Crippen molar-refractivity contribution >= 4 is 5.69 Å². The Balaban J connectivity index is 1.95. The van der Waals surface area contributed by atoms with Crippen LogP contribution in [0.1, 0.15) is 30.4 Å². The third-order valence-electron chi connectivity index (χ3n) is 3.90. The quantitative estimate of drug-likeness (QED) is 0.795. The van der Waals surface area contributed by atoms with Crippen molar-refractivity contribution in [3.63, 3.8) is 0 Å². The number of nitrogens with zero attached hydrogens (tertiary/aromatic N) is 1. The maximum atomic E-state index is 5.77. The summed E-state index contributed by atoms with van der Waals surface area (Å²) in [4.78, 5) is 2.60. The molecule has 0 aromatic heterocycles. The Bertz CT molecular complexity index is 369. The van der Waals surface area contributed by atoms with Gasteiger partial charge in [-0.05, 0) is 42.9 Å². The van der Waals surface area contributed by atoms with Gasteiger partial charge in [-0.3, -0.25) is 0 Å². The zero-order valence-corrected chi connectivity index (χ0v) is 9.08. The summed E-state index contributed by atoms with van der Waals surface area (Å²) in [6, 6.07) is 7.40. The van der Waals surface area contributed by atoms with Crippen LogP contribution in [0.3, 0.4) is 0 Å². The van der Waals surface area contributed by atoms with Gasteiger partial charge in [-0.1, -0.05) is 12.1 Å². The monoisotopic (exact) mass is 202 g/mol. The number of hydrogen-bond acceptors (Lipinski definition) is 2. The Labute approximate surface area is 91.1 Å². The zero-order valence-electron chi connectivity index (χ0n) is 9.08. The largest absolute Gasteiger partial charge is 0.368 e. The molecule has 2 N–H and O–H groups in total. The van der Waals surface area contributed by atoms with Crippen molar-refractivity contribution in [2.75, 3.05) is 11.4 Å². The maximum absolute atomic E-state index is 5.77. The molecule has 1 aromatic carbocycles. The smallest absolute Gasteiger partial charge is 0.0405 e. The number of fused-ring (bicyclic) bond motifs is 1. The predicted molar refractivity (Wildman–Crippen MR) is 63.0 cm³/mol. The van der Waals surface area contributed by atoms with Gasteiger partial charge in [0.1, 0.15) is 0 Å². The second kappa shape index (κ2) is 3.53. The highest BCUT2D eigenvalue weighted by Gasteiger charge is 2.30. The van der Waals surface area contributed by atoms with E-state index in [0.29, 0.717) is 6.54 Å². The van der Waals surface area contributed by atoms with E-state index in [0.717, 1.165) is 6.04 Å². The molecule has 3 rings (SSSR count). The second-order valence-electron chi connectivity index (χ2n) is 4.65. The molecule has 0 radical (unpaired) electrons. The third-order valence-corrected chi connectivity index (χ3v) is 3.90. The summed E-state index contributed by atoms with van der Waals surface area (Å²) in [5.41, 5.74) is 10.1. The van der Waals surface area contributed by atoms with Crippen LogP contribution in [-0.4, -0.2) is 12.6 Å². The van der Waals surface area contributed by atoms with Gasteiger partial charge in [0.25, 0.3) is 0 Å². The van der Waals surface area contributed by atoms with E-state index in [2.05, 4.69) is 23.1 Å². The highest BCUT2D eigenvalue weighted by atomic mass is 15.2. The van der Waals surface area contributed by atoms with E-state index < -0.39 is 0 Å². The zero-order chi connectivity index (χ0) is 10.3. The summed E-state index contributed by atoms with van der Waals surface area (Å²) >= 11 is 0. The number of nitrogens with two attached hydrogens (primary N) is 1. The topological polar surface area (TPSA) is 29.3 Å². The summed E-state index contributed by atoms with van der Waals surface area (Å²) in [6.07, 6.45) is 5.37. The van der Waals surface area contributed by atoms with E-state index >= 15 is 0 Å². The number of benzene rings is 1. The molecule has 1 heterocycles. The van der Waals surface area contributed by atoms with Gasteiger partial charge in [0, 0.05) is 24.8 Å². The molecule has 0 spiro atoms. The number of hydrogen-bond donors (Lipinski definition) is 1. The van der Waals surface area contributed by atoms with Crippen LogP contribution in [-0.2, 0) is 13.0 Å². The normalized spacial score (nSPS) is 20.2. The molecule has 1 saturated carbocycles. The van der Waals surface area contributed by atoms with Gasteiger partial charge in [-0.25, -0.2) is 0 Å². The molecule has 0 amide bonds. The Morgan fingerprint density at radius 1 is 1.33 bits per heavy atom. The SMILES string of the molecule is NCc1cccc2c1CCN2C1CCC1. The van der Waals surface area contributed by atoms with Crippen LogP contribution in [0.5, 0.6) is 0 Å². The number of rotatable bonds is 2. The van der Waals surface area contributed by atoms with Crippen molar-refractivity contribution in [2.24, 2.45) is 5.73 Å². The molecule has 2 aliphatic rings. The van der Waals surface area contributed by atoms with E-state index in [1.165, 1.54) is 49.0 Å². The van der Waals surface area contributed by atoms with E-state index in [9.17, 15) is 0 Å². The summed E-state index contributed by atoms with van der Waals surface area (Å²) in [7, 11) is 0. The molecule has 0 bridgehead atoms. The first-order chi connectivity index (χ1) is 7.40. The van der Waals surface area contributed by atoms with Crippen molar-refractivity contribution in [2.45, 2.75) is 38.3 Å². The average molecular weight is 202 g/mol. The molecule has 1 aromatic rings. The van der Waals surface area contributed by atoms with Gasteiger partial charge in [-0.15, -0.1) is 0 Å². The molecule has 1 aliphatic heterocycles. The van der Waals surface area contributed by atoms with Crippen molar-refractivity contribution in [3.8, 4) is 0 Å². The minimum atomic E-state index is 0.682. The molecule has 1 fully saturated rings. The lowest BCUT2D eigenvalue weighted by molar-refractivity contribution is 0.392. The Morgan fingerprint density at radius 2 is 2.20 bits per heavy atom. The van der Waals surface area contributed by atoms with E-state index in [-0.39, 0.29) is 0 Å². The van der Waals surface area contributed by atoms with Crippen LogP contribution in [0.2, 0.25) is 0 Å². The van der Waals surface area contributed by atoms with Crippen molar-refractivity contribution in [3.05, 3.63) is 29.3 Å². The average Bonchev–Trinajstić information content (AvgIpc) is 2.59. The molecule has 15 heavy (non-hydrogen) atoms. The van der Waals surface area contributed by atoms with E-state index in [1.54, 1.807) is 0 Å². The molecule has 2 heteroatoms. The summed E-state index contributed by atoms with van der Waals surface area (Å²) in [5, 5.41) is 0. The van der Waals surface area contributed by atoms with Gasteiger partial charge in [0.15, 0.2) is 0 Å². The highest BCUT2D eigenvalue weighted by molar-refractivity contribution is 5.61. The first kappa shape index (κ1) is 9.22. The lowest BCUT2D eigenvalue weighted by Crippen LogP contribution is -2.38. The minimum Gasteiger partial charge on any atom is -0.368 e. The summed E-state index contributed by atoms with van der Waals surface area (Å²) in [6.45, 7) is 1.89. The molecule has 0 saturated heterocycles. The fourth-order valence-corrected chi connectivity index (χ4v) is 2.80. The molecular formula is C13H18N2. The lowest BCUT2D eigenvalue weighted by Gasteiger charge is -2.36. The van der Waals surface area contributed by atoms with Gasteiger partial charge < -0.3 is 10.6 Å². The van der Waals surface area contributed by atoms with Crippen LogP contribution >= 0.6 is 0 Å². The standard InChI is InChI=1S/C13H18N2/c14-9-10-3-1-6-13-12(10)7-8-15(13)11-4-2-5-11/h1,3,6,11H,2,4-5,7-9,14H2. The molecule has 2 nitrogen and oxygen atoms in total. The van der Waals surface area contributed by atoms with Crippen LogP contribution in [0, 0.1) is 0 Å². The second-order valence-corrected chi connectivity index (χ2v) is 4.65. The van der Waals surface area contributed by atoms with Crippen LogP contribution in [0.25, 0.3) is 0 Å². The first-order valence-corrected chi connectivity index (χ1v) is 5.97. The molecule has 1 aliphatic carbocycles. The number of anilines is 1. The van der Waals surface area contributed by atoms with Crippen LogP contribution < -0.4 is 10.6 Å². The summed E-state index contributed by atoms with van der Waals surface area (Å²) < 4.78 is 0. The predicted octanol–water partition coefficient (Wildman–Crippen LogP) is 2.06. The van der Waals surface area contributed by atoms with E-state index in [4.69, 9.17) is 5.73 Å². The minimum absolute atomic E-state index is 0.682. The van der Waals surface area contributed by atoms with Crippen molar-refractivity contribution in [1.29, 1.82) is 0 Å². The molecular weight excluding hydrogens is 184 g/mol. The first-order valence-electron chi connectivity index (χ1n) is 5.97. The van der Waals surface area contributed by atoms with Gasteiger partial charge in [0.2, 0.25) is 0 Å². The Hall–Kier alpha value is -1.02. The van der Waals surface area contributed by atoms with Crippen molar-refractivity contribution in [1.82, 2.24) is 0 Å². The maximum Gasteiger partial charge on any atom is 0.0405 e. The fourth-order valence-electron chi connectivity index (χ4n) is 2.80. The third kappa shape index (κ3) is 1.36. The van der Waals surface area contributed by atoms with Crippen molar-refractivity contribution < 1.29 is 0 Å². The molecule has 0 atom stereocenters. The Kier molecular flexibility index (Phi) is 2.17. The van der Waals surface area contributed by atoms with Gasteiger partial charge in [0.05, 0.1) is 0 Å². The molecule has 0 unspecified atom stereocenters. The van der Waals surface area contributed by atoms with E-state index in [1.807, 2.05) is 0 Å². The Morgan fingerprint density at radius 3 is 2.87 bits per heavy atom. The van der Waals surface area contributed by atoms with Crippen LogP contribution in [0.15, 0.2) is 18.2 Å². The lowest BCUT2D eigenvalue weighted by atomic mass is 9.91. The van der Waals surface area contributed by atoms with Gasteiger partial charge >= 0.3 is 0 Å². The van der Waals surface area contributed by atoms with Crippen LogP contribution in [0.4, 0.5) is 5.69 Å². The summed E-state index contributed by atoms with van der Waals surface area (Å²) in [5.74, 6) is 0. The molecule has 80 valence electrons. The highest BCUT2D eigenvalue weighted by Crippen LogP contribution is 2.37. The van der Waals surface area contributed by atoms with Gasteiger partial charge in [-0.2, -0.15) is 0 Å². The fraction of sp³-hybridized carbons (Fsp3) is 0.538.